The second-order valence-electron chi connectivity index (χ2n) is 12.7. The standard InChI is InChI=1S/C40H63N3O3.ClH/c1-6-8-9-10-11-12-13-14-15-16-17-18-19-29-40(33-41,35-22-20-24-37(32-35)46-7-2)30-21-23-36(43-42-3)27-25-34-26-28-38(44-4)39(31-34)45-5;/h20,22,24,26,28,31-32,36H,6-19,21,23,25,27,29-30H2,1-5H3;1H. The van der Waals surface area contributed by atoms with E-state index in [1.165, 1.54) is 82.6 Å². The van der Waals surface area contributed by atoms with Crippen molar-refractivity contribution in [2.45, 2.75) is 147 Å². The van der Waals surface area contributed by atoms with Crippen LogP contribution in [0.2, 0.25) is 0 Å². The maximum atomic E-state index is 10.7. The first-order valence-electron chi connectivity index (χ1n) is 18.2. The van der Waals surface area contributed by atoms with Crippen molar-refractivity contribution in [3.05, 3.63) is 53.6 Å². The van der Waals surface area contributed by atoms with Crippen LogP contribution < -0.4 is 14.2 Å². The first kappa shape index (κ1) is 42.2. The number of nitrogens with zero attached hydrogens (tertiary/aromatic N) is 3. The van der Waals surface area contributed by atoms with Gasteiger partial charge in [0, 0.05) is 7.05 Å². The number of halogens is 1. The van der Waals surface area contributed by atoms with Crippen molar-refractivity contribution in [1.82, 2.24) is 0 Å². The van der Waals surface area contributed by atoms with Gasteiger partial charge in [-0.3, -0.25) is 0 Å². The number of aryl methyl sites for hydroxylation is 1. The minimum absolute atomic E-state index is 0. The van der Waals surface area contributed by atoms with Gasteiger partial charge in [-0.25, -0.2) is 0 Å². The molecule has 2 unspecified atom stereocenters. The number of hydrogen-bond acceptors (Lipinski definition) is 6. The lowest BCUT2D eigenvalue weighted by Crippen LogP contribution is -2.25. The summed E-state index contributed by atoms with van der Waals surface area (Å²) >= 11 is 0. The third-order valence-electron chi connectivity index (χ3n) is 9.25. The van der Waals surface area contributed by atoms with Gasteiger partial charge in [0.05, 0.1) is 38.4 Å². The van der Waals surface area contributed by atoms with E-state index in [2.05, 4.69) is 41.4 Å². The summed E-state index contributed by atoms with van der Waals surface area (Å²) in [4.78, 5) is 0. The molecule has 47 heavy (non-hydrogen) atoms. The molecule has 0 aliphatic rings. The van der Waals surface area contributed by atoms with Gasteiger partial charge in [0.2, 0.25) is 0 Å². The Labute approximate surface area is 293 Å². The minimum Gasteiger partial charge on any atom is -0.494 e. The molecule has 0 heterocycles. The monoisotopic (exact) mass is 669 g/mol. The zero-order valence-electron chi connectivity index (χ0n) is 30.2. The summed E-state index contributed by atoms with van der Waals surface area (Å²) in [5, 5.41) is 19.4. The zero-order valence-corrected chi connectivity index (χ0v) is 31.1. The van der Waals surface area contributed by atoms with Gasteiger partial charge in [-0.05, 0) is 80.8 Å². The van der Waals surface area contributed by atoms with E-state index in [0.717, 1.165) is 67.8 Å². The van der Waals surface area contributed by atoms with Crippen molar-refractivity contribution in [3.8, 4) is 23.3 Å². The quantitative estimate of drug-likeness (QED) is 0.0700. The number of azo groups is 1. The van der Waals surface area contributed by atoms with Crippen molar-refractivity contribution in [1.29, 1.82) is 5.26 Å². The molecule has 6 nitrogen and oxygen atoms in total. The highest BCUT2D eigenvalue weighted by Crippen LogP contribution is 2.37. The van der Waals surface area contributed by atoms with Gasteiger partial charge in [0.15, 0.2) is 11.5 Å². The molecule has 0 N–H and O–H groups in total. The third kappa shape index (κ3) is 16.3. The predicted molar refractivity (Wildman–Crippen MR) is 199 cm³/mol. The van der Waals surface area contributed by atoms with E-state index in [0.29, 0.717) is 6.61 Å². The molecule has 0 saturated heterocycles. The van der Waals surface area contributed by atoms with Crippen molar-refractivity contribution in [3.63, 3.8) is 0 Å². The van der Waals surface area contributed by atoms with Crippen molar-refractivity contribution in [2.24, 2.45) is 10.2 Å². The average Bonchev–Trinajstić information content (AvgIpc) is 3.08. The van der Waals surface area contributed by atoms with Gasteiger partial charge >= 0.3 is 0 Å². The number of unbranched alkanes of at least 4 members (excludes halogenated alkanes) is 12. The van der Waals surface area contributed by atoms with Gasteiger partial charge in [0.1, 0.15) is 5.75 Å². The van der Waals surface area contributed by atoms with Gasteiger partial charge < -0.3 is 14.2 Å². The number of ether oxygens (including phenoxy) is 3. The number of methoxy groups -OCH3 is 2. The highest BCUT2D eigenvalue weighted by Gasteiger charge is 2.32. The lowest BCUT2D eigenvalue weighted by molar-refractivity contribution is 0.337. The Morgan fingerprint density at radius 1 is 0.745 bits per heavy atom. The molecule has 2 aromatic rings. The fourth-order valence-electron chi connectivity index (χ4n) is 6.52. The maximum absolute atomic E-state index is 10.7. The fourth-order valence-corrected chi connectivity index (χ4v) is 6.52. The van der Waals surface area contributed by atoms with Gasteiger partial charge in [-0.2, -0.15) is 15.5 Å². The molecule has 2 rings (SSSR count). The molecule has 0 fully saturated rings. The molecule has 0 aliphatic carbocycles. The van der Waals surface area contributed by atoms with Crippen LogP contribution in [0.1, 0.15) is 141 Å². The maximum Gasteiger partial charge on any atom is 0.160 e. The molecule has 0 radical (unpaired) electrons. The minimum atomic E-state index is -0.526. The molecular formula is C40H64ClN3O3. The molecule has 0 saturated carbocycles. The molecule has 0 bridgehead atoms. The topological polar surface area (TPSA) is 76.2 Å². The number of benzene rings is 2. The molecule has 264 valence electrons. The molecule has 0 spiro atoms. The smallest absolute Gasteiger partial charge is 0.160 e. The van der Waals surface area contributed by atoms with Gasteiger partial charge in [0.25, 0.3) is 0 Å². The second-order valence-corrected chi connectivity index (χ2v) is 12.7. The van der Waals surface area contributed by atoms with Crippen LogP contribution in [-0.2, 0) is 11.8 Å². The number of rotatable bonds is 27. The number of nitriles is 1. The van der Waals surface area contributed by atoms with Crippen LogP contribution in [0.5, 0.6) is 17.2 Å². The molecule has 2 aromatic carbocycles. The molecule has 0 amide bonds. The summed E-state index contributed by atoms with van der Waals surface area (Å²) in [5.74, 6) is 2.33. The van der Waals surface area contributed by atoms with Crippen LogP contribution in [-0.4, -0.2) is 33.9 Å². The Morgan fingerprint density at radius 3 is 1.94 bits per heavy atom. The van der Waals surface area contributed by atoms with E-state index in [9.17, 15) is 5.26 Å². The van der Waals surface area contributed by atoms with Crippen molar-refractivity contribution in [2.75, 3.05) is 27.9 Å². The fraction of sp³-hybridized carbons (Fsp3) is 0.675. The van der Waals surface area contributed by atoms with Crippen LogP contribution in [0.4, 0.5) is 0 Å². The van der Waals surface area contributed by atoms with E-state index in [1.807, 2.05) is 31.2 Å². The summed E-state index contributed by atoms with van der Waals surface area (Å²) in [5.41, 5.74) is 1.75. The Hall–Kier alpha value is -2.78. The largest absolute Gasteiger partial charge is 0.494 e. The lowest BCUT2D eigenvalue weighted by atomic mass is 9.73. The predicted octanol–water partition coefficient (Wildman–Crippen LogP) is 12.0. The van der Waals surface area contributed by atoms with E-state index in [4.69, 9.17) is 14.2 Å². The number of hydrogen-bond donors (Lipinski definition) is 0. The second kappa shape index (κ2) is 26.2. The normalized spacial score (nSPS) is 13.0. The van der Waals surface area contributed by atoms with Gasteiger partial charge in [-0.15, -0.1) is 12.4 Å². The Kier molecular flexibility index (Phi) is 23.6. The van der Waals surface area contributed by atoms with Crippen LogP contribution in [0.25, 0.3) is 0 Å². The molecule has 2 atom stereocenters. The Bertz CT molecular complexity index is 1150. The van der Waals surface area contributed by atoms with E-state index >= 15 is 0 Å². The molecular weight excluding hydrogens is 606 g/mol. The van der Waals surface area contributed by atoms with Crippen molar-refractivity contribution >= 4 is 12.4 Å². The van der Waals surface area contributed by atoms with E-state index < -0.39 is 5.41 Å². The van der Waals surface area contributed by atoms with Crippen LogP contribution in [0.15, 0.2) is 52.7 Å². The van der Waals surface area contributed by atoms with Crippen LogP contribution >= 0.6 is 12.4 Å². The Balaban J connectivity index is 0.0000110. The van der Waals surface area contributed by atoms with E-state index in [1.54, 1.807) is 21.3 Å². The summed E-state index contributed by atoms with van der Waals surface area (Å²) in [6.45, 7) is 4.90. The highest BCUT2D eigenvalue weighted by molar-refractivity contribution is 5.85. The van der Waals surface area contributed by atoms with Gasteiger partial charge in [-0.1, -0.05) is 109 Å². The molecule has 7 heteroatoms. The summed E-state index contributed by atoms with van der Waals surface area (Å²) in [7, 11) is 5.07. The SMILES string of the molecule is CCCCCCCCCCCCCCCC(C#N)(CCCC(CCc1ccc(OC)c(OC)c1)N=NC)c1cccc(OCC)c1.Cl. The molecule has 0 aromatic heterocycles. The van der Waals surface area contributed by atoms with Crippen molar-refractivity contribution < 1.29 is 14.2 Å². The summed E-state index contributed by atoms with van der Waals surface area (Å²) in [6.07, 6.45) is 22.5. The zero-order chi connectivity index (χ0) is 33.3. The highest BCUT2D eigenvalue weighted by atomic mass is 35.5. The Morgan fingerprint density at radius 2 is 1.36 bits per heavy atom. The lowest BCUT2D eigenvalue weighted by Gasteiger charge is -2.28. The first-order chi connectivity index (χ1) is 22.5. The molecule has 0 aliphatic heterocycles. The summed E-state index contributed by atoms with van der Waals surface area (Å²) < 4.78 is 16.7. The summed E-state index contributed by atoms with van der Waals surface area (Å²) in [6, 6.07) is 17.2. The van der Waals surface area contributed by atoms with E-state index in [-0.39, 0.29) is 18.4 Å². The van der Waals surface area contributed by atoms with Crippen LogP contribution in [0.3, 0.4) is 0 Å². The first-order valence-corrected chi connectivity index (χ1v) is 18.2. The third-order valence-corrected chi connectivity index (χ3v) is 9.25. The van der Waals surface area contributed by atoms with Crippen LogP contribution in [0, 0.1) is 11.3 Å². The average molecular weight is 670 g/mol.